The number of pyridine rings is 1. The van der Waals surface area contributed by atoms with Crippen molar-refractivity contribution in [3.8, 4) is 17.0 Å². The molecule has 0 N–H and O–H groups in total. The van der Waals surface area contributed by atoms with Gasteiger partial charge < -0.3 is 4.74 Å². The topological polar surface area (TPSA) is 22.1 Å². The van der Waals surface area contributed by atoms with Crippen LogP contribution in [0.3, 0.4) is 0 Å². The summed E-state index contributed by atoms with van der Waals surface area (Å²) in [5.41, 5.74) is 3.62. The van der Waals surface area contributed by atoms with Crippen LogP contribution in [0.5, 0.6) is 5.75 Å². The molecule has 2 rings (SSSR count). The molecule has 22 heavy (non-hydrogen) atoms. The zero-order chi connectivity index (χ0) is 16.3. The van der Waals surface area contributed by atoms with Gasteiger partial charge in [-0.05, 0) is 41.3 Å². The molecule has 0 atom stereocenters. The maximum Gasteiger partial charge on any atom is 0.119 e. The summed E-state index contributed by atoms with van der Waals surface area (Å²) in [4.78, 5) is 4.74. The highest BCUT2D eigenvalue weighted by atomic mass is 28.3. The molecular weight excluding hydrogens is 286 g/mol. The van der Waals surface area contributed by atoms with Gasteiger partial charge >= 0.3 is 0 Å². The van der Waals surface area contributed by atoms with Crippen molar-refractivity contribution in [1.29, 1.82) is 0 Å². The van der Waals surface area contributed by atoms with Gasteiger partial charge in [-0.25, -0.2) is 0 Å². The Morgan fingerprint density at radius 2 is 1.86 bits per heavy atom. The molecule has 0 aliphatic rings. The van der Waals surface area contributed by atoms with Gasteiger partial charge in [-0.3, -0.25) is 4.98 Å². The first-order valence-electron chi connectivity index (χ1n) is 7.95. The standard InChI is InChI=1S/C19H27NOSi/c1-14(2)10-16-12-18(20-13-19(16)22(4,5)6)15-8-7-9-17(11-15)21-3/h7-9,11-14H,10H2,1-6H3. The zero-order valence-corrected chi connectivity index (χ0v) is 15.6. The molecule has 0 radical (unpaired) electrons. The van der Waals surface area contributed by atoms with Gasteiger partial charge in [0.05, 0.1) is 20.9 Å². The molecule has 118 valence electrons. The summed E-state index contributed by atoms with van der Waals surface area (Å²) >= 11 is 0. The normalized spacial score (nSPS) is 11.8. The Kier molecular flexibility index (Phi) is 5.07. The van der Waals surface area contributed by atoms with Gasteiger partial charge in [0.2, 0.25) is 0 Å². The molecule has 2 aromatic rings. The molecule has 0 saturated carbocycles. The van der Waals surface area contributed by atoms with E-state index in [1.165, 1.54) is 10.8 Å². The molecule has 3 heteroatoms. The van der Waals surface area contributed by atoms with Gasteiger partial charge in [0.1, 0.15) is 5.75 Å². The lowest BCUT2D eigenvalue weighted by molar-refractivity contribution is 0.415. The van der Waals surface area contributed by atoms with Crippen molar-refractivity contribution in [2.45, 2.75) is 39.9 Å². The molecule has 0 amide bonds. The first-order chi connectivity index (χ1) is 10.3. The fourth-order valence-corrected chi connectivity index (χ4v) is 4.31. The van der Waals surface area contributed by atoms with Crippen LogP contribution >= 0.6 is 0 Å². The average Bonchev–Trinajstić information content (AvgIpc) is 2.45. The zero-order valence-electron chi connectivity index (χ0n) is 14.6. The second-order valence-electron chi connectivity index (χ2n) is 7.31. The van der Waals surface area contributed by atoms with Crippen molar-refractivity contribution in [2.75, 3.05) is 7.11 Å². The van der Waals surface area contributed by atoms with Crippen molar-refractivity contribution in [2.24, 2.45) is 5.92 Å². The van der Waals surface area contributed by atoms with E-state index >= 15 is 0 Å². The lowest BCUT2D eigenvalue weighted by Crippen LogP contribution is -2.40. The SMILES string of the molecule is COc1cccc(-c2cc(CC(C)C)c([Si](C)(C)C)cn2)c1. The first-order valence-corrected chi connectivity index (χ1v) is 11.4. The summed E-state index contributed by atoms with van der Waals surface area (Å²) in [5.74, 6) is 1.52. The summed E-state index contributed by atoms with van der Waals surface area (Å²) in [6, 6.07) is 10.4. The van der Waals surface area contributed by atoms with E-state index in [-0.39, 0.29) is 0 Å². The Hall–Kier alpha value is -1.61. The number of rotatable bonds is 5. The lowest BCUT2D eigenvalue weighted by atomic mass is 10.0. The Morgan fingerprint density at radius 1 is 1.14 bits per heavy atom. The number of nitrogens with zero attached hydrogens (tertiary/aromatic N) is 1. The summed E-state index contributed by atoms with van der Waals surface area (Å²) < 4.78 is 5.33. The Morgan fingerprint density at radius 3 is 2.45 bits per heavy atom. The van der Waals surface area contributed by atoms with Gasteiger partial charge in [-0.1, -0.05) is 45.6 Å². The number of benzene rings is 1. The van der Waals surface area contributed by atoms with E-state index in [1.807, 2.05) is 12.1 Å². The molecular formula is C19H27NOSi. The molecule has 1 heterocycles. The van der Waals surface area contributed by atoms with Crippen molar-refractivity contribution >= 4 is 13.3 Å². The van der Waals surface area contributed by atoms with Crippen molar-refractivity contribution in [3.63, 3.8) is 0 Å². The molecule has 0 saturated heterocycles. The fraction of sp³-hybridized carbons (Fsp3) is 0.421. The Bertz CT molecular complexity index is 644. The quantitative estimate of drug-likeness (QED) is 0.758. The molecule has 0 aliphatic heterocycles. The third kappa shape index (κ3) is 3.98. The fourth-order valence-electron chi connectivity index (χ4n) is 2.72. The van der Waals surface area contributed by atoms with Crippen LogP contribution in [0, 0.1) is 5.92 Å². The van der Waals surface area contributed by atoms with Crippen LogP contribution in [0.4, 0.5) is 0 Å². The molecule has 0 bridgehead atoms. The van der Waals surface area contributed by atoms with Crippen molar-refractivity contribution in [3.05, 3.63) is 42.1 Å². The summed E-state index contributed by atoms with van der Waals surface area (Å²) in [7, 11) is 0.326. The highest BCUT2D eigenvalue weighted by molar-refractivity contribution is 6.89. The predicted molar refractivity (Wildman–Crippen MR) is 97.7 cm³/mol. The monoisotopic (exact) mass is 313 g/mol. The van der Waals surface area contributed by atoms with Crippen LogP contribution in [0.1, 0.15) is 19.4 Å². The molecule has 1 aromatic heterocycles. The van der Waals surface area contributed by atoms with E-state index in [1.54, 1.807) is 7.11 Å². The summed E-state index contributed by atoms with van der Waals surface area (Å²) in [6.45, 7) is 11.7. The van der Waals surface area contributed by atoms with Gasteiger partial charge in [-0.15, -0.1) is 0 Å². The smallest absolute Gasteiger partial charge is 0.119 e. The minimum Gasteiger partial charge on any atom is -0.497 e. The number of aromatic nitrogens is 1. The van der Waals surface area contributed by atoms with E-state index in [0.717, 1.165) is 23.4 Å². The van der Waals surface area contributed by atoms with Crippen LogP contribution in [0.2, 0.25) is 19.6 Å². The maximum absolute atomic E-state index is 5.33. The van der Waals surface area contributed by atoms with E-state index in [2.05, 4.69) is 57.9 Å². The highest BCUT2D eigenvalue weighted by Gasteiger charge is 2.21. The van der Waals surface area contributed by atoms with Crippen LogP contribution in [-0.2, 0) is 6.42 Å². The first kappa shape index (κ1) is 16.8. The Balaban J connectivity index is 2.50. The number of hydrogen-bond donors (Lipinski definition) is 0. The molecule has 0 unspecified atom stereocenters. The van der Waals surface area contributed by atoms with Gasteiger partial charge in [-0.2, -0.15) is 0 Å². The lowest BCUT2D eigenvalue weighted by Gasteiger charge is -2.22. The van der Waals surface area contributed by atoms with E-state index < -0.39 is 8.07 Å². The maximum atomic E-state index is 5.33. The third-order valence-electron chi connectivity index (χ3n) is 3.79. The second-order valence-corrected chi connectivity index (χ2v) is 12.3. The van der Waals surface area contributed by atoms with Crippen molar-refractivity contribution < 1.29 is 4.74 Å². The number of ether oxygens (including phenoxy) is 1. The summed E-state index contributed by atoms with van der Waals surface area (Å²) in [6.07, 6.45) is 3.22. The molecule has 1 aromatic carbocycles. The minimum atomic E-state index is -1.37. The average molecular weight is 314 g/mol. The van der Waals surface area contributed by atoms with Gasteiger partial charge in [0.15, 0.2) is 0 Å². The van der Waals surface area contributed by atoms with Gasteiger partial charge in [0, 0.05) is 11.8 Å². The number of hydrogen-bond acceptors (Lipinski definition) is 2. The molecule has 0 aliphatic carbocycles. The molecule has 0 fully saturated rings. The van der Waals surface area contributed by atoms with E-state index in [9.17, 15) is 0 Å². The van der Waals surface area contributed by atoms with Crippen molar-refractivity contribution in [1.82, 2.24) is 4.98 Å². The van der Waals surface area contributed by atoms with E-state index in [0.29, 0.717) is 5.92 Å². The van der Waals surface area contributed by atoms with Crippen LogP contribution in [0.15, 0.2) is 36.5 Å². The molecule has 0 spiro atoms. The van der Waals surface area contributed by atoms with E-state index in [4.69, 9.17) is 9.72 Å². The number of methoxy groups -OCH3 is 1. The molecule has 2 nitrogen and oxygen atoms in total. The largest absolute Gasteiger partial charge is 0.497 e. The van der Waals surface area contributed by atoms with Gasteiger partial charge in [0.25, 0.3) is 0 Å². The van der Waals surface area contributed by atoms with Crippen LogP contribution < -0.4 is 9.92 Å². The Labute approximate surface area is 135 Å². The van der Waals surface area contributed by atoms with Crippen LogP contribution in [-0.4, -0.2) is 20.2 Å². The predicted octanol–water partition coefficient (Wildman–Crippen LogP) is 4.50. The third-order valence-corrected chi connectivity index (χ3v) is 5.86. The minimum absolute atomic E-state index is 0.649. The highest BCUT2D eigenvalue weighted by Crippen LogP contribution is 2.24. The summed E-state index contributed by atoms with van der Waals surface area (Å²) in [5, 5.41) is 1.48. The second kappa shape index (κ2) is 6.65. The van der Waals surface area contributed by atoms with Crippen LogP contribution in [0.25, 0.3) is 11.3 Å².